The summed E-state index contributed by atoms with van der Waals surface area (Å²) in [6.07, 6.45) is 1.69. The van der Waals surface area contributed by atoms with Gasteiger partial charge in [0.25, 0.3) is 0 Å². The summed E-state index contributed by atoms with van der Waals surface area (Å²) in [6.45, 7) is 2.75. The van der Waals surface area contributed by atoms with Crippen LogP contribution in [0.2, 0.25) is 0 Å². The molecule has 0 bridgehead atoms. The van der Waals surface area contributed by atoms with E-state index in [-0.39, 0.29) is 6.04 Å². The molecule has 0 spiro atoms. The largest absolute Gasteiger partial charge is 0.480 e. The predicted octanol–water partition coefficient (Wildman–Crippen LogP) is 2.50. The van der Waals surface area contributed by atoms with Crippen molar-refractivity contribution in [1.29, 1.82) is 0 Å². The second kappa shape index (κ2) is 5.76. The highest BCUT2D eigenvalue weighted by Crippen LogP contribution is 2.37. The lowest BCUT2D eigenvalue weighted by molar-refractivity contribution is -0.142. The Morgan fingerprint density at radius 2 is 2.28 bits per heavy atom. The number of fused-ring (bicyclic) bond motifs is 1. The Bertz CT molecular complexity index is 411. The predicted molar refractivity (Wildman–Crippen MR) is 74.1 cm³/mol. The Morgan fingerprint density at radius 1 is 1.56 bits per heavy atom. The second-order valence-corrected chi connectivity index (χ2v) is 6.10. The number of aliphatic carboxylic acids is 1. The summed E-state index contributed by atoms with van der Waals surface area (Å²) in [5, 5.41) is 9.62. The van der Waals surface area contributed by atoms with Crippen LogP contribution >= 0.6 is 11.8 Å². The average molecular weight is 265 g/mol. The van der Waals surface area contributed by atoms with E-state index in [9.17, 15) is 4.79 Å². The zero-order chi connectivity index (χ0) is 13.1. The SMILES string of the molecule is CCC(C(=O)O)N(C)CC1Cc2ccccc2S1. The van der Waals surface area contributed by atoms with E-state index in [1.807, 2.05) is 30.6 Å². The number of benzene rings is 1. The van der Waals surface area contributed by atoms with Gasteiger partial charge in [-0.15, -0.1) is 11.8 Å². The Morgan fingerprint density at radius 3 is 2.89 bits per heavy atom. The first-order valence-electron chi connectivity index (χ1n) is 6.29. The Kier molecular flexibility index (Phi) is 4.30. The molecule has 1 aromatic rings. The van der Waals surface area contributed by atoms with Gasteiger partial charge in [-0.3, -0.25) is 9.69 Å². The first kappa shape index (κ1) is 13.4. The van der Waals surface area contributed by atoms with E-state index in [0.29, 0.717) is 11.7 Å². The molecule has 0 fully saturated rings. The third kappa shape index (κ3) is 2.87. The normalized spacial score (nSPS) is 19.8. The number of likely N-dealkylation sites (N-methyl/N-ethyl adjacent to an activating group) is 1. The van der Waals surface area contributed by atoms with E-state index in [4.69, 9.17) is 5.11 Å². The van der Waals surface area contributed by atoms with Crippen LogP contribution in [0.25, 0.3) is 0 Å². The van der Waals surface area contributed by atoms with Crippen LogP contribution < -0.4 is 0 Å². The number of carboxylic acid groups (broad SMARTS) is 1. The van der Waals surface area contributed by atoms with Gasteiger partial charge in [0.1, 0.15) is 6.04 Å². The minimum absolute atomic E-state index is 0.366. The number of hydrogen-bond donors (Lipinski definition) is 1. The Labute approximate surface area is 112 Å². The first-order chi connectivity index (χ1) is 8.61. The minimum atomic E-state index is -0.722. The monoisotopic (exact) mass is 265 g/mol. The molecule has 0 saturated heterocycles. The van der Waals surface area contributed by atoms with Gasteiger partial charge in [-0.1, -0.05) is 25.1 Å². The number of nitrogens with zero attached hydrogens (tertiary/aromatic N) is 1. The van der Waals surface area contributed by atoms with Crippen LogP contribution in [-0.4, -0.2) is 40.9 Å². The highest BCUT2D eigenvalue weighted by atomic mass is 32.2. The van der Waals surface area contributed by atoms with Gasteiger partial charge < -0.3 is 5.11 Å². The molecule has 2 unspecified atom stereocenters. The van der Waals surface area contributed by atoms with Crippen LogP contribution in [0, 0.1) is 0 Å². The molecule has 0 amide bonds. The molecule has 3 nitrogen and oxygen atoms in total. The number of rotatable bonds is 5. The summed E-state index contributed by atoms with van der Waals surface area (Å²) in [4.78, 5) is 14.4. The van der Waals surface area contributed by atoms with E-state index in [2.05, 4.69) is 24.3 Å². The highest BCUT2D eigenvalue weighted by Gasteiger charge is 2.27. The molecular formula is C14H19NO2S. The van der Waals surface area contributed by atoms with Gasteiger partial charge in [0, 0.05) is 16.7 Å². The molecule has 2 atom stereocenters. The topological polar surface area (TPSA) is 40.5 Å². The molecule has 0 aliphatic carbocycles. The smallest absolute Gasteiger partial charge is 0.320 e. The third-order valence-corrected chi connectivity index (χ3v) is 4.71. The van der Waals surface area contributed by atoms with E-state index in [1.165, 1.54) is 10.5 Å². The van der Waals surface area contributed by atoms with Gasteiger partial charge in [0.05, 0.1) is 0 Å². The van der Waals surface area contributed by atoms with Crippen LogP contribution in [0.4, 0.5) is 0 Å². The fourth-order valence-electron chi connectivity index (χ4n) is 2.48. The Balaban J connectivity index is 1.95. The van der Waals surface area contributed by atoms with Gasteiger partial charge in [-0.2, -0.15) is 0 Å². The molecule has 0 saturated carbocycles. The van der Waals surface area contributed by atoms with Crippen molar-refractivity contribution in [2.24, 2.45) is 0 Å². The number of carbonyl (C=O) groups is 1. The minimum Gasteiger partial charge on any atom is -0.480 e. The molecule has 18 heavy (non-hydrogen) atoms. The van der Waals surface area contributed by atoms with Crippen molar-refractivity contribution in [3.63, 3.8) is 0 Å². The van der Waals surface area contributed by atoms with Crippen molar-refractivity contribution in [1.82, 2.24) is 4.90 Å². The van der Waals surface area contributed by atoms with Crippen molar-refractivity contribution in [3.8, 4) is 0 Å². The van der Waals surface area contributed by atoms with E-state index >= 15 is 0 Å². The molecule has 0 aromatic heterocycles. The van der Waals surface area contributed by atoms with Crippen LogP contribution in [0.15, 0.2) is 29.2 Å². The lowest BCUT2D eigenvalue weighted by Gasteiger charge is -2.25. The summed E-state index contributed by atoms with van der Waals surface area (Å²) in [6, 6.07) is 8.07. The second-order valence-electron chi connectivity index (χ2n) is 4.75. The van der Waals surface area contributed by atoms with E-state index in [0.717, 1.165) is 13.0 Å². The zero-order valence-electron chi connectivity index (χ0n) is 10.8. The van der Waals surface area contributed by atoms with Crippen LogP contribution in [0.1, 0.15) is 18.9 Å². The lowest BCUT2D eigenvalue weighted by atomic mass is 10.1. The molecule has 1 N–H and O–H groups in total. The summed E-state index contributed by atoms with van der Waals surface area (Å²) in [7, 11) is 1.91. The van der Waals surface area contributed by atoms with Gasteiger partial charge in [-0.25, -0.2) is 0 Å². The van der Waals surface area contributed by atoms with Crippen LogP contribution in [0.5, 0.6) is 0 Å². The standard InChI is InChI=1S/C14H19NO2S/c1-3-12(14(16)17)15(2)9-11-8-10-6-4-5-7-13(10)18-11/h4-7,11-12H,3,8-9H2,1-2H3,(H,16,17). The van der Waals surface area contributed by atoms with Gasteiger partial charge >= 0.3 is 5.97 Å². The summed E-state index contributed by atoms with van der Waals surface area (Å²) in [5.41, 5.74) is 1.39. The lowest BCUT2D eigenvalue weighted by Crippen LogP contribution is -2.41. The molecule has 1 heterocycles. The summed E-state index contributed by atoms with van der Waals surface area (Å²) in [5.74, 6) is -0.722. The molecule has 1 aliphatic rings. The Hall–Kier alpha value is -1.00. The van der Waals surface area contributed by atoms with Crippen molar-refractivity contribution >= 4 is 17.7 Å². The average Bonchev–Trinajstić information content (AvgIpc) is 2.71. The first-order valence-corrected chi connectivity index (χ1v) is 7.17. The molecule has 98 valence electrons. The maximum absolute atomic E-state index is 11.1. The molecular weight excluding hydrogens is 246 g/mol. The molecule has 1 aliphatic heterocycles. The fourth-order valence-corrected chi connectivity index (χ4v) is 3.87. The summed E-state index contributed by atoms with van der Waals surface area (Å²) < 4.78 is 0. The van der Waals surface area contributed by atoms with E-state index in [1.54, 1.807) is 0 Å². The quantitative estimate of drug-likeness (QED) is 0.888. The van der Waals surface area contributed by atoms with Crippen LogP contribution in [0.3, 0.4) is 0 Å². The maximum Gasteiger partial charge on any atom is 0.320 e. The third-order valence-electron chi connectivity index (χ3n) is 3.41. The molecule has 2 rings (SSSR count). The molecule has 4 heteroatoms. The van der Waals surface area contributed by atoms with Crippen LogP contribution in [-0.2, 0) is 11.2 Å². The van der Waals surface area contributed by atoms with Crippen molar-refractivity contribution in [3.05, 3.63) is 29.8 Å². The van der Waals surface area contributed by atoms with Gasteiger partial charge in [0.2, 0.25) is 0 Å². The molecule has 1 aromatic carbocycles. The van der Waals surface area contributed by atoms with Crippen molar-refractivity contribution in [2.75, 3.05) is 13.6 Å². The van der Waals surface area contributed by atoms with Gasteiger partial charge in [-0.05, 0) is 31.5 Å². The van der Waals surface area contributed by atoms with E-state index < -0.39 is 5.97 Å². The van der Waals surface area contributed by atoms with Crippen molar-refractivity contribution < 1.29 is 9.90 Å². The molecule has 0 radical (unpaired) electrons. The number of hydrogen-bond acceptors (Lipinski definition) is 3. The van der Waals surface area contributed by atoms with Crippen molar-refractivity contribution in [2.45, 2.75) is 36.0 Å². The van der Waals surface area contributed by atoms with Gasteiger partial charge in [0.15, 0.2) is 0 Å². The number of thioether (sulfide) groups is 1. The fraction of sp³-hybridized carbons (Fsp3) is 0.500. The number of carboxylic acids is 1. The highest BCUT2D eigenvalue weighted by molar-refractivity contribution is 8.00. The maximum atomic E-state index is 11.1. The zero-order valence-corrected chi connectivity index (χ0v) is 11.6. The summed E-state index contributed by atoms with van der Waals surface area (Å²) >= 11 is 1.87.